The van der Waals surface area contributed by atoms with Crippen LogP contribution >= 0.6 is 24.0 Å². The minimum absolute atomic E-state index is 0. The second kappa shape index (κ2) is 15.1. The molecule has 0 aliphatic carbocycles. The van der Waals surface area contributed by atoms with Crippen LogP contribution < -0.4 is 10.6 Å². The summed E-state index contributed by atoms with van der Waals surface area (Å²) in [7, 11) is 3.87. The largest absolute Gasteiger partial charge is 0.444 e. The molecule has 0 aromatic carbocycles. The molecule has 0 bridgehead atoms. The number of aliphatic imine (C=N–C) groups is 1. The SMILES string of the molecule is CN=C(NCCCCN1CCCC1)N(C)CCC(NC(=O)OC(C)(C)C)C(C)C.I. The van der Waals surface area contributed by atoms with Gasteiger partial charge in [-0.3, -0.25) is 4.99 Å². The maximum atomic E-state index is 12.1. The first-order valence-corrected chi connectivity index (χ1v) is 11.3. The third-order valence-electron chi connectivity index (χ3n) is 5.24. The molecule has 1 heterocycles. The van der Waals surface area contributed by atoms with Crippen LogP contribution in [0.2, 0.25) is 0 Å². The van der Waals surface area contributed by atoms with E-state index in [4.69, 9.17) is 4.74 Å². The molecular weight excluding hydrogens is 493 g/mol. The molecule has 1 atom stereocenters. The van der Waals surface area contributed by atoms with Crippen molar-refractivity contribution in [1.82, 2.24) is 20.4 Å². The van der Waals surface area contributed by atoms with Gasteiger partial charge in [-0.05, 0) is 78.4 Å². The first-order valence-electron chi connectivity index (χ1n) is 11.3. The fraction of sp³-hybridized carbons (Fsp3) is 0.909. The highest BCUT2D eigenvalue weighted by atomic mass is 127. The van der Waals surface area contributed by atoms with Crippen molar-refractivity contribution >= 4 is 36.0 Å². The Kier molecular flexibility index (Phi) is 14.7. The molecule has 0 spiro atoms. The number of nitrogens with zero attached hydrogens (tertiary/aromatic N) is 3. The Morgan fingerprint density at radius 2 is 1.83 bits per heavy atom. The third-order valence-corrected chi connectivity index (χ3v) is 5.24. The summed E-state index contributed by atoms with van der Waals surface area (Å²) in [6, 6.07) is 0.0610. The molecule has 178 valence electrons. The minimum atomic E-state index is -0.483. The number of unbranched alkanes of at least 4 members (excludes halogenated alkanes) is 1. The number of hydrogen-bond acceptors (Lipinski definition) is 4. The molecule has 1 unspecified atom stereocenters. The Balaban J connectivity index is 0.00000841. The van der Waals surface area contributed by atoms with Crippen molar-refractivity contribution in [2.75, 3.05) is 46.8 Å². The Labute approximate surface area is 201 Å². The fourth-order valence-electron chi connectivity index (χ4n) is 3.52. The third kappa shape index (κ3) is 12.8. The molecule has 0 aromatic heterocycles. The highest BCUT2D eigenvalue weighted by molar-refractivity contribution is 14.0. The highest BCUT2D eigenvalue weighted by Crippen LogP contribution is 2.11. The quantitative estimate of drug-likeness (QED) is 0.191. The number of likely N-dealkylation sites (tertiary alicyclic amines) is 1. The average molecular weight is 540 g/mol. The van der Waals surface area contributed by atoms with Crippen LogP contribution in [0.15, 0.2) is 4.99 Å². The van der Waals surface area contributed by atoms with Crippen LogP contribution in [-0.2, 0) is 4.74 Å². The summed E-state index contributed by atoms with van der Waals surface area (Å²) < 4.78 is 5.40. The molecule has 8 heteroatoms. The van der Waals surface area contributed by atoms with Crippen LogP contribution in [0, 0.1) is 5.92 Å². The normalized spacial score (nSPS) is 16.2. The molecule has 30 heavy (non-hydrogen) atoms. The number of halogens is 1. The lowest BCUT2D eigenvalue weighted by Gasteiger charge is -2.28. The molecule has 7 nitrogen and oxygen atoms in total. The smallest absolute Gasteiger partial charge is 0.407 e. The van der Waals surface area contributed by atoms with Crippen LogP contribution in [0.4, 0.5) is 4.79 Å². The van der Waals surface area contributed by atoms with E-state index in [1.807, 2.05) is 34.9 Å². The van der Waals surface area contributed by atoms with Crippen LogP contribution in [0.1, 0.15) is 66.7 Å². The minimum Gasteiger partial charge on any atom is -0.444 e. The fourth-order valence-corrected chi connectivity index (χ4v) is 3.52. The van der Waals surface area contributed by atoms with Gasteiger partial charge in [0.15, 0.2) is 5.96 Å². The molecule has 1 aliphatic rings. The molecule has 0 saturated carbocycles. The van der Waals surface area contributed by atoms with E-state index in [9.17, 15) is 4.79 Å². The topological polar surface area (TPSA) is 69.2 Å². The molecule has 0 aromatic rings. The van der Waals surface area contributed by atoms with Crippen molar-refractivity contribution in [1.29, 1.82) is 0 Å². The molecule has 1 saturated heterocycles. The van der Waals surface area contributed by atoms with Gasteiger partial charge in [0.2, 0.25) is 0 Å². The zero-order chi connectivity index (χ0) is 21.9. The van der Waals surface area contributed by atoms with Gasteiger partial charge in [0.1, 0.15) is 5.60 Å². The van der Waals surface area contributed by atoms with E-state index in [1.54, 1.807) is 0 Å². The van der Waals surface area contributed by atoms with Crippen molar-refractivity contribution in [3.63, 3.8) is 0 Å². The van der Waals surface area contributed by atoms with Gasteiger partial charge in [-0.15, -0.1) is 24.0 Å². The van der Waals surface area contributed by atoms with Gasteiger partial charge in [0, 0.05) is 33.2 Å². The Bertz CT molecular complexity index is 502. The van der Waals surface area contributed by atoms with E-state index in [0.717, 1.165) is 31.9 Å². The highest BCUT2D eigenvalue weighted by Gasteiger charge is 2.22. The Morgan fingerprint density at radius 3 is 2.37 bits per heavy atom. The van der Waals surface area contributed by atoms with Crippen molar-refractivity contribution < 1.29 is 9.53 Å². The lowest BCUT2D eigenvalue weighted by Crippen LogP contribution is -2.45. The summed E-state index contributed by atoms with van der Waals surface area (Å²) >= 11 is 0. The van der Waals surface area contributed by atoms with E-state index in [1.165, 1.54) is 38.9 Å². The summed E-state index contributed by atoms with van der Waals surface area (Å²) in [5, 5.41) is 6.48. The van der Waals surface area contributed by atoms with Gasteiger partial charge in [0.05, 0.1) is 0 Å². The molecule has 2 N–H and O–H groups in total. The molecule has 0 radical (unpaired) electrons. The van der Waals surface area contributed by atoms with Crippen LogP contribution in [0.3, 0.4) is 0 Å². The summed E-state index contributed by atoms with van der Waals surface area (Å²) in [5.74, 6) is 1.24. The van der Waals surface area contributed by atoms with Crippen LogP contribution in [-0.4, -0.2) is 80.3 Å². The number of ether oxygens (including phenoxy) is 1. The van der Waals surface area contributed by atoms with Gasteiger partial charge in [-0.1, -0.05) is 13.8 Å². The maximum absolute atomic E-state index is 12.1. The van der Waals surface area contributed by atoms with Crippen LogP contribution in [0.25, 0.3) is 0 Å². The monoisotopic (exact) mass is 539 g/mol. The van der Waals surface area contributed by atoms with Gasteiger partial charge >= 0.3 is 6.09 Å². The van der Waals surface area contributed by atoms with Gasteiger partial charge in [0.25, 0.3) is 0 Å². The number of hydrogen-bond donors (Lipinski definition) is 2. The molecule has 1 rings (SSSR count). The molecular formula is C22H46IN5O2. The number of carbonyl (C=O) groups excluding carboxylic acids is 1. The number of amides is 1. The lowest BCUT2D eigenvalue weighted by molar-refractivity contribution is 0.0486. The second-order valence-corrected chi connectivity index (χ2v) is 9.44. The standard InChI is InChI=1S/C22H45N5O2.HI/c1-18(2)19(25-21(28)29-22(3,4)5)12-17-26(7)20(23-6)24-13-8-9-14-27-15-10-11-16-27;/h18-19H,8-17H2,1-7H3,(H,23,24)(H,25,28);1H. The zero-order valence-electron chi connectivity index (χ0n) is 20.3. The summed E-state index contributed by atoms with van der Waals surface area (Å²) in [6.07, 6.45) is 5.58. The first-order chi connectivity index (χ1) is 13.6. The van der Waals surface area contributed by atoms with Crippen molar-refractivity contribution in [2.45, 2.75) is 78.4 Å². The average Bonchev–Trinajstić information content (AvgIpc) is 3.13. The summed E-state index contributed by atoms with van der Waals surface area (Å²) in [6.45, 7) is 15.4. The number of alkyl carbamates (subject to hydrolysis) is 1. The van der Waals surface area contributed by atoms with Crippen molar-refractivity contribution in [3.8, 4) is 0 Å². The lowest BCUT2D eigenvalue weighted by atomic mass is 10.0. The molecule has 1 amide bonds. The van der Waals surface area contributed by atoms with E-state index < -0.39 is 5.60 Å². The van der Waals surface area contributed by atoms with E-state index in [-0.39, 0.29) is 36.1 Å². The van der Waals surface area contributed by atoms with Gasteiger partial charge in [-0.2, -0.15) is 0 Å². The van der Waals surface area contributed by atoms with Crippen molar-refractivity contribution in [3.05, 3.63) is 0 Å². The van der Waals surface area contributed by atoms with E-state index >= 15 is 0 Å². The predicted molar refractivity (Wildman–Crippen MR) is 137 cm³/mol. The van der Waals surface area contributed by atoms with E-state index in [0.29, 0.717) is 5.92 Å². The van der Waals surface area contributed by atoms with Gasteiger partial charge < -0.3 is 25.2 Å². The van der Waals surface area contributed by atoms with Gasteiger partial charge in [-0.25, -0.2) is 4.79 Å². The molecule has 1 fully saturated rings. The van der Waals surface area contributed by atoms with Crippen molar-refractivity contribution in [2.24, 2.45) is 10.9 Å². The number of nitrogens with one attached hydrogen (secondary N) is 2. The Morgan fingerprint density at radius 1 is 1.20 bits per heavy atom. The predicted octanol–water partition coefficient (Wildman–Crippen LogP) is 3.93. The number of guanidine groups is 1. The number of rotatable bonds is 10. The van der Waals surface area contributed by atoms with Crippen LogP contribution in [0.5, 0.6) is 0 Å². The zero-order valence-corrected chi connectivity index (χ0v) is 22.6. The maximum Gasteiger partial charge on any atom is 0.407 e. The number of carbonyl (C=O) groups is 1. The molecule has 1 aliphatic heterocycles. The first kappa shape index (κ1) is 29.2. The second-order valence-electron chi connectivity index (χ2n) is 9.44. The Hall–Kier alpha value is -0.770. The summed E-state index contributed by atoms with van der Waals surface area (Å²) in [5.41, 5.74) is -0.483. The van der Waals surface area contributed by atoms with E-state index in [2.05, 4.69) is 39.3 Å². The summed E-state index contributed by atoms with van der Waals surface area (Å²) in [4.78, 5) is 21.2.